The number of rotatable bonds is 15. The van der Waals surface area contributed by atoms with E-state index in [-0.39, 0.29) is 24.0 Å². The fraction of sp³-hybridized carbons (Fsp3) is 0.286. The van der Waals surface area contributed by atoms with Crippen LogP contribution >= 0.6 is 11.6 Å². The second-order valence-corrected chi connectivity index (χ2v) is 12.3. The molecule has 3 amide bonds. The zero-order chi connectivity index (χ0) is 38.9. The molecular weight excluding hydrogens is 737 g/mol. The van der Waals surface area contributed by atoms with Crippen molar-refractivity contribution < 1.29 is 46.6 Å². The molecule has 3 aromatic carbocycles. The van der Waals surface area contributed by atoms with Crippen LogP contribution in [-0.2, 0) is 31.2 Å². The van der Waals surface area contributed by atoms with Crippen LogP contribution in [0.3, 0.4) is 0 Å². The first-order valence-corrected chi connectivity index (χ1v) is 16.6. The fourth-order valence-corrected chi connectivity index (χ4v) is 5.13. The summed E-state index contributed by atoms with van der Waals surface area (Å²) in [7, 11) is 2.59. The van der Waals surface area contributed by atoms with Crippen molar-refractivity contribution in [3.05, 3.63) is 94.5 Å². The highest BCUT2D eigenvalue weighted by molar-refractivity contribution is 6.35. The number of aromatic nitrogens is 3. The summed E-state index contributed by atoms with van der Waals surface area (Å²) in [6, 6.07) is 17.7. The van der Waals surface area contributed by atoms with Crippen LogP contribution in [0.2, 0.25) is 5.02 Å². The van der Waals surface area contributed by atoms with Gasteiger partial charge in [0.05, 0.1) is 19.8 Å². The third-order valence-electron chi connectivity index (χ3n) is 7.93. The van der Waals surface area contributed by atoms with E-state index in [1.165, 1.54) is 31.4 Å². The van der Waals surface area contributed by atoms with Gasteiger partial charge in [0.15, 0.2) is 6.61 Å². The average Bonchev–Trinajstić information content (AvgIpc) is 3.94. The van der Waals surface area contributed by atoms with Gasteiger partial charge in [-0.1, -0.05) is 35.9 Å². The number of esters is 1. The van der Waals surface area contributed by atoms with Crippen molar-refractivity contribution >= 4 is 52.9 Å². The van der Waals surface area contributed by atoms with E-state index in [1.54, 1.807) is 36.4 Å². The van der Waals surface area contributed by atoms with Crippen LogP contribution in [0.4, 0.5) is 30.8 Å². The zero-order valence-corrected chi connectivity index (χ0v) is 29.5. The van der Waals surface area contributed by atoms with Crippen LogP contribution < -0.4 is 36.1 Å². The average molecular weight is 771 g/mol. The van der Waals surface area contributed by atoms with Gasteiger partial charge in [-0.3, -0.25) is 14.4 Å². The van der Waals surface area contributed by atoms with Gasteiger partial charge < -0.3 is 40.8 Å². The lowest BCUT2D eigenvalue weighted by atomic mass is 10.1. The van der Waals surface area contributed by atoms with E-state index < -0.39 is 60.6 Å². The van der Waals surface area contributed by atoms with E-state index in [4.69, 9.17) is 25.8 Å². The SMILES string of the molecule is COC(=O)[C@H](CNC(=O)C(=O)NCc1cccc(OC)c1)NC(=O)c1ccc(Nc2nc(NC3(c4ccc(Cl)cc4)CC3)nc(OCC(F)(F)F)n2)cc1. The molecule has 4 aromatic rings. The summed E-state index contributed by atoms with van der Waals surface area (Å²) in [6.45, 7) is -2.05. The Hall–Kier alpha value is -6.17. The van der Waals surface area contributed by atoms with Gasteiger partial charge in [-0.15, -0.1) is 0 Å². The molecule has 0 spiro atoms. The van der Waals surface area contributed by atoms with Crippen molar-refractivity contribution in [2.24, 2.45) is 0 Å². The van der Waals surface area contributed by atoms with E-state index >= 15 is 0 Å². The molecule has 1 aromatic heterocycles. The lowest BCUT2D eigenvalue weighted by Gasteiger charge is -2.19. The maximum absolute atomic E-state index is 13.1. The molecule has 5 rings (SSSR count). The lowest BCUT2D eigenvalue weighted by Crippen LogP contribution is -2.51. The fourth-order valence-electron chi connectivity index (χ4n) is 5.00. The third-order valence-corrected chi connectivity index (χ3v) is 8.18. The summed E-state index contributed by atoms with van der Waals surface area (Å²) in [4.78, 5) is 62.5. The molecular formula is C35H34ClF3N8O7. The highest BCUT2D eigenvalue weighted by Crippen LogP contribution is 2.48. The quantitative estimate of drug-likeness (QED) is 0.0862. The molecule has 1 fully saturated rings. The molecule has 15 nitrogen and oxygen atoms in total. The highest BCUT2D eigenvalue weighted by atomic mass is 35.5. The minimum absolute atomic E-state index is 0.0365. The summed E-state index contributed by atoms with van der Waals surface area (Å²) >= 11 is 6.02. The van der Waals surface area contributed by atoms with Crippen LogP contribution in [-0.4, -0.2) is 78.2 Å². The number of alkyl halides is 3. The number of carbonyl (C=O) groups excluding carboxylic acids is 4. The Morgan fingerprint density at radius 3 is 2.22 bits per heavy atom. The molecule has 19 heteroatoms. The standard InChI is InChI=1S/C35H34ClF3N8O7/c1-52-25-5-3-4-20(16-25)17-40-28(49)29(50)41-18-26(30(51)53-2)43-27(48)21-6-12-24(13-7-21)42-31-44-32(46-33(45-31)54-19-35(37,38)39)47-34(14-15-34)22-8-10-23(36)11-9-22/h3-13,16,26H,14-15,17-19H2,1-2H3,(H,40,49)(H,41,50)(H,43,48)(H2,42,44,45,46,47)/t26-/m0/s1. The number of anilines is 3. The minimum Gasteiger partial charge on any atom is -0.497 e. The summed E-state index contributed by atoms with van der Waals surface area (Å²) < 4.78 is 53.5. The van der Waals surface area contributed by atoms with Crippen LogP contribution in [0.15, 0.2) is 72.8 Å². The topological polar surface area (TPSA) is 195 Å². The van der Waals surface area contributed by atoms with Gasteiger partial charge in [-0.25, -0.2) is 4.79 Å². The Morgan fingerprint density at radius 2 is 1.57 bits per heavy atom. The van der Waals surface area contributed by atoms with E-state index in [0.717, 1.165) is 12.7 Å². The van der Waals surface area contributed by atoms with Gasteiger partial charge in [0.25, 0.3) is 5.91 Å². The Kier molecular flexibility index (Phi) is 12.4. The molecule has 284 valence electrons. The van der Waals surface area contributed by atoms with Crippen molar-refractivity contribution in [2.45, 2.75) is 37.1 Å². The van der Waals surface area contributed by atoms with Crippen molar-refractivity contribution in [3.63, 3.8) is 0 Å². The van der Waals surface area contributed by atoms with Crippen LogP contribution in [0, 0.1) is 0 Å². The number of nitrogens with one attached hydrogen (secondary N) is 5. The summed E-state index contributed by atoms with van der Waals surface area (Å²) in [5, 5.41) is 13.8. The number of hydrogen-bond acceptors (Lipinski definition) is 12. The minimum atomic E-state index is -4.64. The Bertz CT molecular complexity index is 1980. The Balaban J connectivity index is 1.21. The molecule has 0 radical (unpaired) electrons. The molecule has 54 heavy (non-hydrogen) atoms. The molecule has 5 N–H and O–H groups in total. The van der Waals surface area contributed by atoms with Gasteiger partial charge in [0, 0.05) is 29.4 Å². The second kappa shape index (κ2) is 17.1. The van der Waals surface area contributed by atoms with Crippen molar-refractivity contribution in [2.75, 3.05) is 38.0 Å². The maximum Gasteiger partial charge on any atom is 0.422 e. The molecule has 1 aliphatic rings. The first-order valence-electron chi connectivity index (χ1n) is 16.2. The molecule has 1 saturated carbocycles. The molecule has 0 bridgehead atoms. The Labute approximate surface area is 311 Å². The van der Waals surface area contributed by atoms with E-state index in [2.05, 4.69) is 41.5 Å². The number of hydrogen-bond donors (Lipinski definition) is 5. The Morgan fingerprint density at radius 1 is 0.889 bits per heavy atom. The normalized spacial score (nSPS) is 13.4. The number of ether oxygens (including phenoxy) is 3. The first kappa shape index (κ1) is 39.0. The summed E-state index contributed by atoms with van der Waals surface area (Å²) in [5.74, 6) is -3.23. The molecule has 1 heterocycles. The lowest BCUT2D eigenvalue weighted by molar-refractivity contribution is -0.154. The van der Waals surface area contributed by atoms with E-state index in [0.29, 0.717) is 34.9 Å². The molecule has 0 unspecified atom stereocenters. The number of nitrogens with zero attached hydrogens (tertiary/aromatic N) is 3. The predicted octanol–water partition coefficient (Wildman–Crippen LogP) is 4.02. The second-order valence-electron chi connectivity index (χ2n) is 11.9. The predicted molar refractivity (Wildman–Crippen MR) is 188 cm³/mol. The van der Waals surface area contributed by atoms with Gasteiger partial charge in [-0.2, -0.15) is 28.1 Å². The van der Waals surface area contributed by atoms with E-state index in [9.17, 15) is 32.3 Å². The van der Waals surface area contributed by atoms with Gasteiger partial charge >= 0.3 is 30.0 Å². The van der Waals surface area contributed by atoms with Gasteiger partial charge in [0.2, 0.25) is 11.9 Å². The number of carbonyl (C=O) groups is 4. The molecule has 1 atom stereocenters. The number of benzene rings is 3. The maximum atomic E-state index is 13.1. The van der Waals surface area contributed by atoms with Crippen LogP contribution in [0.1, 0.15) is 34.3 Å². The van der Waals surface area contributed by atoms with Gasteiger partial charge in [0.1, 0.15) is 11.8 Å². The third kappa shape index (κ3) is 10.9. The van der Waals surface area contributed by atoms with E-state index in [1.807, 2.05) is 12.1 Å². The monoisotopic (exact) mass is 770 g/mol. The highest BCUT2D eigenvalue weighted by Gasteiger charge is 2.45. The van der Waals surface area contributed by atoms with Gasteiger partial charge in [-0.05, 0) is 72.5 Å². The van der Waals surface area contributed by atoms with Crippen molar-refractivity contribution in [1.29, 1.82) is 0 Å². The first-order chi connectivity index (χ1) is 25.8. The number of amides is 3. The number of methoxy groups -OCH3 is 2. The number of halogens is 4. The van der Waals surface area contributed by atoms with Crippen molar-refractivity contribution in [1.82, 2.24) is 30.9 Å². The zero-order valence-electron chi connectivity index (χ0n) is 28.8. The summed E-state index contributed by atoms with van der Waals surface area (Å²) in [6.07, 6.45) is -3.24. The molecule has 0 aliphatic heterocycles. The summed E-state index contributed by atoms with van der Waals surface area (Å²) in [5.41, 5.74) is 1.43. The smallest absolute Gasteiger partial charge is 0.422 e. The molecule has 1 aliphatic carbocycles. The molecule has 0 saturated heterocycles. The van der Waals surface area contributed by atoms with Crippen molar-refractivity contribution in [3.8, 4) is 11.8 Å². The largest absolute Gasteiger partial charge is 0.497 e. The van der Waals surface area contributed by atoms with Crippen LogP contribution in [0.5, 0.6) is 11.8 Å². The van der Waals surface area contributed by atoms with Crippen LogP contribution in [0.25, 0.3) is 0 Å².